The highest BCUT2D eigenvalue weighted by Crippen LogP contribution is 2.26. The van der Waals surface area contributed by atoms with Crippen LogP contribution in [0.25, 0.3) is 0 Å². The third-order valence-corrected chi connectivity index (χ3v) is 2.98. The average molecular weight is 325 g/mol. The fourth-order valence-corrected chi connectivity index (χ4v) is 1.89. The number of rotatable bonds is 2. The zero-order valence-electron chi connectivity index (χ0n) is 9.65. The smallest absolute Gasteiger partial charge is 0.259 e. The molecule has 0 heterocycles. The van der Waals surface area contributed by atoms with Gasteiger partial charge in [0.05, 0.1) is 16.9 Å². The number of benzene rings is 2. The Kier molecular flexibility index (Phi) is 3.71. The molecule has 6 heteroatoms. The molecule has 2 aromatic carbocycles. The van der Waals surface area contributed by atoms with Crippen LogP contribution in [0.5, 0.6) is 5.75 Å². The maximum Gasteiger partial charge on any atom is 0.259 e. The molecule has 0 aliphatic heterocycles. The van der Waals surface area contributed by atoms with Crippen molar-refractivity contribution >= 4 is 33.2 Å². The molecule has 19 heavy (non-hydrogen) atoms. The first-order chi connectivity index (χ1) is 8.99. The Labute approximate surface area is 117 Å². The Morgan fingerprint density at radius 1 is 1.32 bits per heavy atom. The number of amides is 1. The van der Waals surface area contributed by atoms with E-state index in [9.17, 15) is 14.3 Å². The summed E-state index contributed by atoms with van der Waals surface area (Å²) in [4.78, 5) is 11.9. The Balaban J connectivity index is 2.31. The number of hydrogen-bond donors (Lipinski definition) is 3. The van der Waals surface area contributed by atoms with E-state index < -0.39 is 11.7 Å². The molecule has 0 aliphatic carbocycles. The zero-order chi connectivity index (χ0) is 14.0. The van der Waals surface area contributed by atoms with Gasteiger partial charge in [-0.05, 0) is 30.3 Å². The van der Waals surface area contributed by atoms with Crippen LogP contribution in [0.15, 0.2) is 40.9 Å². The van der Waals surface area contributed by atoms with Crippen molar-refractivity contribution in [3.63, 3.8) is 0 Å². The molecule has 2 rings (SSSR count). The van der Waals surface area contributed by atoms with E-state index in [1.807, 2.05) is 0 Å². The van der Waals surface area contributed by atoms with Crippen molar-refractivity contribution in [1.82, 2.24) is 0 Å². The number of nitrogen functional groups attached to an aromatic ring is 1. The highest BCUT2D eigenvalue weighted by Gasteiger charge is 2.14. The largest absolute Gasteiger partial charge is 0.505 e. The minimum Gasteiger partial charge on any atom is -0.505 e. The summed E-state index contributed by atoms with van der Waals surface area (Å²) in [6.45, 7) is 0. The van der Waals surface area contributed by atoms with E-state index in [0.29, 0.717) is 4.47 Å². The Morgan fingerprint density at radius 2 is 2.05 bits per heavy atom. The Hall–Kier alpha value is -2.08. The van der Waals surface area contributed by atoms with Gasteiger partial charge in [-0.3, -0.25) is 4.79 Å². The van der Waals surface area contributed by atoms with Crippen LogP contribution in [0.3, 0.4) is 0 Å². The van der Waals surface area contributed by atoms with Gasteiger partial charge in [0, 0.05) is 4.47 Å². The molecule has 0 saturated heterocycles. The van der Waals surface area contributed by atoms with Crippen LogP contribution < -0.4 is 11.1 Å². The fourth-order valence-electron chi connectivity index (χ4n) is 1.53. The van der Waals surface area contributed by atoms with Crippen LogP contribution in [0.1, 0.15) is 10.4 Å². The third kappa shape index (κ3) is 2.85. The van der Waals surface area contributed by atoms with Gasteiger partial charge in [-0.15, -0.1) is 0 Å². The second kappa shape index (κ2) is 5.27. The number of carbonyl (C=O) groups is 1. The lowest BCUT2D eigenvalue weighted by molar-refractivity contribution is 0.102. The molecule has 1 amide bonds. The zero-order valence-corrected chi connectivity index (χ0v) is 11.2. The number of halogens is 2. The van der Waals surface area contributed by atoms with Crippen LogP contribution in [0.4, 0.5) is 15.8 Å². The number of nitrogens with one attached hydrogen (secondary N) is 1. The van der Waals surface area contributed by atoms with Crippen LogP contribution in [-0.4, -0.2) is 11.0 Å². The molecule has 2 aromatic rings. The maximum absolute atomic E-state index is 13.5. The summed E-state index contributed by atoms with van der Waals surface area (Å²) in [7, 11) is 0. The van der Waals surface area contributed by atoms with Gasteiger partial charge in [-0.2, -0.15) is 0 Å². The number of phenolic OH excluding ortho intramolecular Hbond substituents is 1. The number of phenols is 1. The molecule has 4 N–H and O–H groups in total. The van der Waals surface area contributed by atoms with Crippen LogP contribution >= 0.6 is 15.9 Å². The van der Waals surface area contributed by atoms with Crippen molar-refractivity contribution in [3.8, 4) is 5.75 Å². The Morgan fingerprint density at radius 3 is 2.79 bits per heavy atom. The minimum absolute atomic E-state index is 0.0145. The van der Waals surface area contributed by atoms with E-state index in [1.54, 1.807) is 0 Å². The van der Waals surface area contributed by atoms with Crippen LogP contribution in [0, 0.1) is 5.82 Å². The lowest BCUT2D eigenvalue weighted by Gasteiger charge is -2.09. The van der Waals surface area contributed by atoms with Crippen molar-refractivity contribution < 1.29 is 14.3 Å². The molecule has 0 fully saturated rings. The third-order valence-electron chi connectivity index (χ3n) is 2.49. The van der Waals surface area contributed by atoms with Gasteiger partial charge in [0.25, 0.3) is 5.91 Å². The second-order valence-electron chi connectivity index (χ2n) is 3.82. The minimum atomic E-state index is -0.637. The van der Waals surface area contributed by atoms with Gasteiger partial charge in [-0.25, -0.2) is 4.39 Å². The average Bonchev–Trinajstić information content (AvgIpc) is 2.37. The molecule has 98 valence electrons. The molecule has 0 saturated carbocycles. The monoisotopic (exact) mass is 324 g/mol. The van der Waals surface area contributed by atoms with E-state index in [2.05, 4.69) is 21.2 Å². The molecule has 4 nitrogen and oxygen atoms in total. The van der Waals surface area contributed by atoms with Crippen molar-refractivity contribution in [1.29, 1.82) is 0 Å². The standard InChI is InChI=1S/C13H10BrFN2O2/c14-7-4-5-9(15)11(6-7)17-13(19)8-2-1-3-10(16)12(8)18/h1-6,18H,16H2,(H,17,19). The summed E-state index contributed by atoms with van der Waals surface area (Å²) in [5.74, 6) is -1.53. The predicted molar refractivity (Wildman–Crippen MR) is 74.6 cm³/mol. The lowest BCUT2D eigenvalue weighted by Crippen LogP contribution is -2.13. The second-order valence-corrected chi connectivity index (χ2v) is 4.74. The van der Waals surface area contributed by atoms with E-state index in [4.69, 9.17) is 5.73 Å². The van der Waals surface area contributed by atoms with Gasteiger partial charge in [0.1, 0.15) is 5.82 Å². The first kappa shape index (κ1) is 13.4. The lowest BCUT2D eigenvalue weighted by atomic mass is 10.1. The maximum atomic E-state index is 13.5. The van der Waals surface area contributed by atoms with Gasteiger partial charge in [0.2, 0.25) is 0 Å². The highest BCUT2D eigenvalue weighted by molar-refractivity contribution is 9.10. The van der Waals surface area contributed by atoms with Gasteiger partial charge in [-0.1, -0.05) is 22.0 Å². The molecule has 0 spiro atoms. The molecular formula is C13H10BrFN2O2. The van der Waals surface area contributed by atoms with Crippen molar-refractivity contribution in [2.75, 3.05) is 11.1 Å². The van der Waals surface area contributed by atoms with E-state index in [0.717, 1.165) is 0 Å². The molecule has 0 unspecified atom stereocenters. The topological polar surface area (TPSA) is 75.4 Å². The molecule has 0 aromatic heterocycles. The number of hydrogen-bond acceptors (Lipinski definition) is 3. The van der Waals surface area contributed by atoms with Crippen molar-refractivity contribution in [3.05, 3.63) is 52.3 Å². The number of aromatic hydroxyl groups is 1. The number of carbonyl (C=O) groups excluding carboxylic acids is 1. The predicted octanol–water partition coefficient (Wildman–Crippen LogP) is 3.13. The van der Waals surface area contributed by atoms with Crippen molar-refractivity contribution in [2.45, 2.75) is 0 Å². The number of para-hydroxylation sites is 1. The van der Waals surface area contributed by atoms with E-state index in [-0.39, 0.29) is 22.7 Å². The van der Waals surface area contributed by atoms with Gasteiger partial charge < -0.3 is 16.2 Å². The normalized spacial score (nSPS) is 10.2. The summed E-state index contributed by atoms with van der Waals surface area (Å²) in [5, 5.41) is 12.1. The number of anilines is 2. The van der Waals surface area contributed by atoms with E-state index in [1.165, 1.54) is 36.4 Å². The van der Waals surface area contributed by atoms with Gasteiger partial charge in [0.15, 0.2) is 5.75 Å². The SMILES string of the molecule is Nc1cccc(C(=O)Nc2cc(Br)ccc2F)c1O. The van der Waals surface area contributed by atoms with Crippen LogP contribution in [-0.2, 0) is 0 Å². The molecular weight excluding hydrogens is 315 g/mol. The molecule has 0 bridgehead atoms. The summed E-state index contributed by atoms with van der Waals surface area (Å²) in [6.07, 6.45) is 0. The summed E-state index contributed by atoms with van der Waals surface area (Å²) in [6, 6.07) is 8.56. The first-order valence-corrected chi connectivity index (χ1v) is 6.12. The fraction of sp³-hybridized carbons (Fsp3) is 0. The van der Waals surface area contributed by atoms with E-state index >= 15 is 0 Å². The summed E-state index contributed by atoms with van der Waals surface area (Å²) >= 11 is 3.18. The molecule has 0 aliphatic rings. The quantitative estimate of drug-likeness (QED) is 0.586. The molecule has 0 atom stereocenters. The summed E-state index contributed by atoms with van der Waals surface area (Å²) in [5.41, 5.74) is 5.58. The molecule has 0 radical (unpaired) electrons. The van der Waals surface area contributed by atoms with Crippen LogP contribution in [0.2, 0.25) is 0 Å². The van der Waals surface area contributed by atoms with Crippen molar-refractivity contribution in [2.24, 2.45) is 0 Å². The Bertz CT molecular complexity index is 647. The van der Waals surface area contributed by atoms with Gasteiger partial charge >= 0.3 is 0 Å². The highest BCUT2D eigenvalue weighted by atomic mass is 79.9. The number of nitrogens with two attached hydrogens (primary N) is 1. The first-order valence-electron chi connectivity index (χ1n) is 5.33. The summed E-state index contributed by atoms with van der Waals surface area (Å²) < 4.78 is 14.1.